The van der Waals surface area contributed by atoms with E-state index in [9.17, 15) is 4.79 Å². The SMILES string of the molecule is COc1cc(/C=N\NC(=O)c2cccc3ccccc23)cc(Cl)c1OCc1cccc2ccccc12. The summed E-state index contributed by atoms with van der Waals surface area (Å²) in [6, 6.07) is 31.0. The Morgan fingerprint density at radius 2 is 1.56 bits per heavy atom. The van der Waals surface area contributed by atoms with Gasteiger partial charge in [0.15, 0.2) is 11.5 Å². The molecule has 0 aliphatic carbocycles. The number of fused-ring (bicyclic) bond motifs is 2. The molecule has 0 aliphatic heterocycles. The van der Waals surface area contributed by atoms with Gasteiger partial charge < -0.3 is 9.47 Å². The highest BCUT2D eigenvalue weighted by atomic mass is 35.5. The van der Waals surface area contributed by atoms with E-state index in [2.05, 4.69) is 28.7 Å². The highest BCUT2D eigenvalue weighted by molar-refractivity contribution is 6.32. The molecule has 5 nitrogen and oxygen atoms in total. The average Bonchev–Trinajstić information content (AvgIpc) is 2.91. The number of ether oxygens (including phenoxy) is 2. The lowest BCUT2D eigenvalue weighted by atomic mass is 10.0. The van der Waals surface area contributed by atoms with E-state index in [1.165, 1.54) is 6.21 Å². The highest BCUT2D eigenvalue weighted by Gasteiger charge is 2.13. The van der Waals surface area contributed by atoms with Crippen molar-refractivity contribution in [1.29, 1.82) is 0 Å². The molecule has 0 fully saturated rings. The third-order valence-electron chi connectivity index (χ3n) is 5.92. The summed E-state index contributed by atoms with van der Waals surface area (Å²) < 4.78 is 11.6. The molecule has 5 aromatic rings. The smallest absolute Gasteiger partial charge is 0.271 e. The Morgan fingerprint density at radius 3 is 2.33 bits per heavy atom. The van der Waals surface area contributed by atoms with Gasteiger partial charge in [-0.1, -0.05) is 90.5 Å². The second-order valence-corrected chi connectivity index (χ2v) is 8.59. The zero-order valence-corrected chi connectivity index (χ0v) is 20.3. The number of benzene rings is 5. The fraction of sp³-hybridized carbons (Fsp3) is 0.0667. The Kier molecular flexibility index (Phi) is 6.83. The number of nitrogens with zero attached hydrogens (tertiary/aromatic N) is 1. The van der Waals surface area contributed by atoms with Crippen molar-refractivity contribution in [3.8, 4) is 11.5 Å². The van der Waals surface area contributed by atoms with E-state index < -0.39 is 0 Å². The normalized spacial score (nSPS) is 11.2. The van der Waals surface area contributed by atoms with Crippen LogP contribution in [0.5, 0.6) is 11.5 Å². The van der Waals surface area contributed by atoms with Gasteiger partial charge in [-0.15, -0.1) is 0 Å². The second-order valence-electron chi connectivity index (χ2n) is 8.19. The lowest BCUT2D eigenvalue weighted by molar-refractivity contribution is 0.0957. The van der Waals surface area contributed by atoms with Crippen molar-refractivity contribution in [2.24, 2.45) is 5.10 Å². The average molecular weight is 495 g/mol. The Bertz CT molecular complexity index is 1590. The predicted molar refractivity (Wildman–Crippen MR) is 145 cm³/mol. The van der Waals surface area contributed by atoms with Crippen LogP contribution in [0, 0.1) is 0 Å². The van der Waals surface area contributed by atoms with Gasteiger partial charge in [0.25, 0.3) is 5.91 Å². The minimum atomic E-state index is -0.295. The number of methoxy groups -OCH3 is 1. The number of amides is 1. The van der Waals surface area contributed by atoms with Crippen molar-refractivity contribution in [2.45, 2.75) is 6.61 Å². The molecule has 36 heavy (non-hydrogen) atoms. The molecular weight excluding hydrogens is 472 g/mol. The van der Waals surface area contributed by atoms with E-state index in [-0.39, 0.29) is 5.91 Å². The summed E-state index contributed by atoms with van der Waals surface area (Å²) >= 11 is 6.55. The fourth-order valence-corrected chi connectivity index (χ4v) is 4.45. The maximum Gasteiger partial charge on any atom is 0.271 e. The molecule has 0 unspecified atom stereocenters. The van der Waals surface area contributed by atoms with E-state index in [0.717, 1.165) is 27.1 Å². The summed E-state index contributed by atoms with van der Waals surface area (Å²) in [5, 5.41) is 8.63. The standard InChI is InChI=1S/C30H23ClN2O3/c1-35-28-17-20(18-32-33-30(34)26-15-7-11-22-9-3-5-14-25(22)26)16-27(31)29(28)36-19-23-12-6-10-21-8-2-4-13-24(21)23/h2-18H,19H2,1H3,(H,33,34)/b32-18-. The fourth-order valence-electron chi connectivity index (χ4n) is 4.17. The predicted octanol–water partition coefficient (Wildman–Crippen LogP) is 7.00. The topological polar surface area (TPSA) is 59.9 Å². The number of hydrazone groups is 1. The molecule has 1 amide bonds. The first-order chi connectivity index (χ1) is 17.6. The number of halogens is 1. The molecule has 0 saturated carbocycles. The van der Waals surface area contributed by atoms with Gasteiger partial charge >= 0.3 is 0 Å². The molecule has 0 heterocycles. The van der Waals surface area contributed by atoms with Crippen molar-refractivity contribution in [3.05, 3.63) is 119 Å². The van der Waals surface area contributed by atoms with Gasteiger partial charge in [-0.3, -0.25) is 4.79 Å². The van der Waals surface area contributed by atoms with Crippen LogP contribution in [0.15, 0.2) is 102 Å². The van der Waals surface area contributed by atoms with E-state index in [0.29, 0.717) is 34.3 Å². The highest BCUT2D eigenvalue weighted by Crippen LogP contribution is 2.37. The monoisotopic (exact) mass is 494 g/mol. The first-order valence-electron chi connectivity index (χ1n) is 11.4. The van der Waals surface area contributed by atoms with Crippen LogP contribution >= 0.6 is 11.6 Å². The van der Waals surface area contributed by atoms with Crippen molar-refractivity contribution in [2.75, 3.05) is 7.11 Å². The van der Waals surface area contributed by atoms with E-state index in [1.54, 1.807) is 25.3 Å². The van der Waals surface area contributed by atoms with Gasteiger partial charge in [-0.25, -0.2) is 5.43 Å². The molecule has 6 heteroatoms. The minimum absolute atomic E-state index is 0.295. The first-order valence-corrected chi connectivity index (χ1v) is 11.8. The molecular formula is C30H23ClN2O3. The van der Waals surface area contributed by atoms with Gasteiger partial charge in [0, 0.05) is 5.56 Å². The van der Waals surface area contributed by atoms with Crippen molar-refractivity contribution >= 4 is 45.3 Å². The second kappa shape index (κ2) is 10.5. The Morgan fingerprint density at radius 1 is 0.889 bits per heavy atom. The third kappa shape index (κ3) is 4.88. The molecule has 1 N–H and O–H groups in total. The summed E-state index contributed by atoms with van der Waals surface area (Å²) in [5.41, 5.74) is 4.85. The van der Waals surface area contributed by atoms with Gasteiger partial charge in [0.05, 0.1) is 18.3 Å². The molecule has 0 bridgehead atoms. The van der Waals surface area contributed by atoms with Crippen molar-refractivity contribution in [1.82, 2.24) is 5.43 Å². The van der Waals surface area contributed by atoms with Crippen molar-refractivity contribution < 1.29 is 14.3 Å². The lowest BCUT2D eigenvalue weighted by Crippen LogP contribution is -2.17. The summed E-state index contributed by atoms with van der Waals surface area (Å²) in [6.45, 7) is 0.339. The number of carbonyl (C=O) groups is 1. The molecule has 0 aliphatic rings. The van der Waals surface area contributed by atoms with E-state index >= 15 is 0 Å². The number of rotatable bonds is 7. The maximum absolute atomic E-state index is 12.7. The number of carbonyl (C=O) groups excluding carboxylic acids is 1. The minimum Gasteiger partial charge on any atom is -0.493 e. The molecule has 0 atom stereocenters. The lowest BCUT2D eigenvalue weighted by Gasteiger charge is -2.14. The molecule has 0 radical (unpaired) electrons. The number of hydrogen-bond donors (Lipinski definition) is 1. The van der Waals surface area contributed by atoms with Crippen LogP contribution in [-0.2, 0) is 6.61 Å². The van der Waals surface area contributed by atoms with E-state index in [4.69, 9.17) is 21.1 Å². The van der Waals surface area contributed by atoms with Crippen LogP contribution < -0.4 is 14.9 Å². The summed E-state index contributed by atoms with van der Waals surface area (Å²) in [6.07, 6.45) is 1.52. The quantitative estimate of drug-likeness (QED) is 0.196. The van der Waals surface area contributed by atoms with E-state index in [1.807, 2.05) is 60.7 Å². The van der Waals surface area contributed by atoms with Crippen LogP contribution in [0.1, 0.15) is 21.5 Å². The molecule has 5 aromatic carbocycles. The summed E-state index contributed by atoms with van der Waals surface area (Å²) in [5.74, 6) is 0.629. The molecule has 0 spiro atoms. The van der Waals surface area contributed by atoms with Crippen LogP contribution in [0.25, 0.3) is 21.5 Å². The van der Waals surface area contributed by atoms with Crippen LogP contribution in [0.4, 0.5) is 0 Å². The van der Waals surface area contributed by atoms with Crippen LogP contribution in [0.2, 0.25) is 5.02 Å². The zero-order chi connectivity index (χ0) is 24.9. The Hall–Kier alpha value is -4.35. The molecule has 178 valence electrons. The maximum atomic E-state index is 12.7. The van der Waals surface area contributed by atoms with Crippen LogP contribution in [0.3, 0.4) is 0 Å². The largest absolute Gasteiger partial charge is 0.493 e. The Balaban J connectivity index is 1.32. The third-order valence-corrected chi connectivity index (χ3v) is 6.20. The van der Waals surface area contributed by atoms with Gasteiger partial charge in [0.2, 0.25) is 0 Å². The van der Waals surface area contributed by atoms with Crippen molar-refractivity contribution in [3.63, 3.8) is 0 Å². The van der Waals surface area contributed by atoms with Gasteiger partial charge in [-0.05, 0) is 50.9 Å². The zero-order valence-electron chi connectivity index (χ0n) is 19.6. The van der Waals surface area contributed by atoms with Gasteiger partial charge in [0.1, 0.15) is 6.61 Å². The molecule has 0 saturated heterocycles. The first kappa shape index (κ1) is 23.4. The number of nitrogens with one attached hydrogen (secondary N) is 1. The van der Waals surface area contributed by atoms with Crippen LogP contribution in [-0.4, -0.2) is 19.2 Å². The molecule has 0 aromatic heterocycles. The molecule has 5 rings (SSSR count). The number of hydrogen-bond acceptors (Lipinski definition) is 4. The van der Waals surface area contributed by atoms with Gasteiger partial charge in [-0.2, -0.15) is 5.10 Å². The summed E-state index contributed by atoms with van der Waals surface area (Å²) in [7, 11) is 1.56. The Labute approximate surface area is 213 Å². The summed E-state index contributed by atoms with van der Waals surface area (Å²) in [4.78, 5) is 12.7.